The molecule has 0 radical (unpaired) electrons. The Morgan fingerprint density at radius 3 is 2.31 bits per heavy atom. The van der Waals surface area contributed by atoms with Crippen molar-refractivity contribution >= 4 is 39.5 Å². The lowest BCUT2D eigenvalue weighted by Crippen LogP contribution is -2.25. The first-order valence-electron chi connectivity index (χ1n) is 9.62. The van der Waals surface area contributed by atoms with Gasteiger partial charge in [-0.15, -0.1) is 0 Å². The van der Waals surface area contributed by atoms with Gasteiger partial charge in [-0.2, -0.15) is 18.4 Å². The maximum absolute atomic E-state index is 13.8. The van der Waals surface area contributed by atoms with Crippen LogP contribution in [0, 0.1) is 17.2 Å². The van der Waals surface area contributed by atoms with E-state index in [4.69, 9.17) is 21.1 Å². The number of carbonyl (C=O) groups is 2. The summed E-state index contributed by atoms with van der Waals surface area (Å²) in [6.45, 7) is -0.893. The molecule has 0 amide bonds. The molecule has 3 rings (SSSR count). The molecule has 32 heavy (non-hydrogen) atoms. The van der Waals surface area contributed by atoms with Crippen molar-refractivity contribution in [3.8, 4) is 17.3 Å². The molecule has 0 unspecified atom stereocenters. The van der Waals surface area contributed by atoms with E-state index in [1.165, 1.54) is 24.3 Å². The SMILES string of the molecule is N#Cc1c(Br)c(C(F)(F)F)n(COC(=O)C(=O)OCC2CCCC2)c1-c1ccc(Cl)cc1. The van der Waals surface area contributed by atoms with Gasteiger partial charge in [-0.3, -0.25) is 0 Å². The number of aromatic nitrogens is 1. The normalized spacial score (nSPS) is 14.2. The maximum Gasteiger partial charge on any atom is 0.432 e. The third kappa shape index (κ3) is 5.27. The van der Waals surface area contributed by atoms with Crippen molar-refractivity contribution in [2.45, 2.75) is 38.6 Å². The molecule has 1 aromatic carbocycles. The van der Waals surface area contributed by atoms with Crippen LogP contribution in [-0.4, -0.2) is 23.1 Å². The molecule has 1 fully saturated rings. The van der Waals surface area contributed by atoms with Crippen molar-refractivity contribution < 1.29 is 32.2 Å². The van der Waals surface area contributed by atoms with Gasteiger partial charge in [0, 0.05) is 5.02 Å². The van der Waals surface area contributed by atoms with Gasteiger partial charge < -0.3 is 14.0 Å². The molecule has 1 aliphatic carbocycles. The first-order valence-corrected chi connectivity index (χ1v) is 10.8. The van der Waals surface area contributed by atoms with Gasteiger partial charge in [-0.05, 0) is 52.4 Å². The highest BCUT2D eigenvalue weighted by Gasteiger charge is 2.41. The van der Waals surface area contributed by atoms with E-state index in [2.05, 4.69) is 15.9 Å². The number of alkyl halides is 3. The van der Waals surface area contributed by atoms with E-state index < -0.39 is 35.0 Å². The number of benzene rings is 1. The van der Waals surface area contributed by atoms with E-state index >= 15 is 0 Å². The number of ether oxygens (including phenoxy) is 2. The van der Waals surface area contributed by atoms with Crippen molar-refractivity contribution in [1.29, 1.82) is 5.26 Å². The molecule has 170 valence electrons. The highest BCUT2D eigenvalue weighted by atomic mass is 79.9. The van der Waals surface area contributed by atoms with Crippen LogP contribution in [0.25, 0.3) is 11.3 Å². The molecule has 1 heterocycles. The summed E-state index contributed by atoms with van der Waals surface area (Å²) < 4.78 is 51.2. The van der Waals surface area contributed by atoms with Crippen LogP contribution in [-0.2, 0) is 32.0 Å². The predicted octanol–water partition coefficient (Wildman–Crippen LogP) is 5.70. The van der Waals surface area contributed by atoms with Gasteiger partial charge >= 0.3 is 18.1 Å². The number of halogens is 5. The van der Waals surface area contributed by atoms with E-state index in [0.717, 1.165) is 25.7 Å². The van der Waals surface area contributed by atoms with Crippen LogP contribution in [0.1, 0.15) is 36.9 Å². The minimum atomic E-state index is -4.88. The zero-order valence-corrected chi connectivity index (χ0v) is 18.9. The van der Waals surface area contributed by atoms with Crippen LogP contribution in [0.2, 0.25) is 5.02 Å². The number of nitrogens with zero attached hydrogens (tertiary/aromatic N) is 2. The predicted molar refractivity (Wildman–Crippen MR) is 111 cm³/mol. The third-order valence-corrected chi connectivity index (χ3v) is 6.14. The lowest BCUT2D eigenvalue weighted by atomic mass is 10.1. The van der Waals surface area contributed by atoms with Crippen LogP contribution < -0.4 is 0 Å². The highest BCUT2D eigenvalue weighted by Crippen LogP contribution is 2.43. The van der Waals surface area contributed by atoms with Crippen molar-refractivity contribution in [1.82, 2.24) is 4.57 Å². The molecule has 6 nitrogen and oxygen atoms in total. The molecule has 11 heteroatoms. The van der Waals surface area contributed by atoms with Gasteiger partial charge in [0.05, 0.1) is 22.3 Å². The molecule has 1 aliphatic rings. The molecule has 0 spiro atoms. The van der Waals surface area contributed by atoms with Gasteiger partial charge in [0.2, 0.25) is 0 Å². The van der Waals surface area contributed by atoms with Crippen molar-refractivity contribution in [3.05, 3.63) is 45.0 Å². The van der Waals surface area contributed by atoms with Gasteiger partial charge in [0.25, 0.3) is 0 Å². The van der Waals surface area contributed by atoms with Gasteiger partial charge in [-0.1, -0.05) is 36.6 Å². The van der Waals surface area contributed by atoms with E-state index in [1.807, 2.05) is 0 Å². The van der Waals surface area contributed by atoms with Gasteiger partial charge in [0.1, 0.15) is 11.8 Å². The van der Waals surface area contributed by atoms with Crippen LogP contribution in [0.5, 0.6) is 0 Å². The van der Waals surface area contributed by atoms with Crippen LogP contribution in [0.3, 0.4) is 0 Å². The zero-order chi connectivity index (χ0) is 23.5. The summed E-state index contributed by atoms with van der Waals surface area (Å²) in [4.78, 5) is 24.0. The number of hydrogen-bond acceptors (Lipinski definition) is 5. The molecule has 1 aromatic heterocycles. The topological polar surface area (TPSA) is 81.3 Å². The quantitative estimate of drug-likeness (QED) is 0.364. The third-order valence-electron chi connectivity index (χ3n) is 5.12. The minimum Gasteiger partial charge on any atom is -0.457 e. The summed E-state index contributed by atoms with van der Waals surface area (Å²) in [5.74, 6) is -2.52. The molecule has 0 N–H and O–H groups in total. The van der Waals surface area contributed by atoms with Crippen molar-refractivity contribution in [2.24, 2.45) is 5.92 Å². The Morgan fingerprint density at radius 1 is 1.16 bits per heavy atom. The lowest BCUT2D eigenvalue weighted by molar-refractivity contribution is -0.172. The molecular formula is C21H17BrClF3N2O4. The summed E-state index contributed by atoms with van der Waals surface area (Å²) in [6, 6.07) is 7.49. The number of hydrogen-bond donors (Lipinski definition) is 0. The minimum absolute atomic E-state index is 0.0609. The molecule has 0 aliphatic heterocycles. The molecule has 0 atom stereocenters. The Kier molecular flexibility index (Phi) is 7.51. The van der Waals surface area contributed by atoms with Crippen LogP contribution >= 0.6 is 27.5 Å². The second-order valence-electron chi connectivity index (χ2n) is 7.24. The summed E-state index contributed by atoms with van der Waals surface area (Å²) in [5, 5.41) is 9.83. The van der Waals surface area contributed by atoms with E-state index in [1.54, 1.807) is 6.07 Å². The second kappa shape index (κ2) is 9.96. The largest absolute Gasteiger partial charge is 0.457 e. The van der Waals surface area contributed by atoms with Crippen LogP contribution in [0.4, 0.5) is 13.2 Å². The Morgan fingerprint density at radius 2 is 1.75 bits per heavy atom. The molecule has 0 saturated heterocycles. The number of carbonyl (C=O) groups excluding carboxylic acids is 2. The van der Waals surface area contributed by atoms with E-state index in [9.17, 15) is 28.0 Å². The summed E-state index contributed by atoms with van der Waals surface area (Å²) >= 11 is 8.69. The Labute approximate surface area is 195 Å². The van der Waals surface area contributed by atoms with Gasteiger partial charge in [-0.25, -0.2) is 9.59 Å². The standard InChI is InChI=1S/C21H17BrClF3N2O4/c22-16-15(9-27)17(13-5-7-14(23)8-6-13)28(18(16)21(24,25)26)11-32-20(30)19(29)31-10-12-3-1-2-4-12/h5-8,12H,1-4,10-11H2. The average molecular weight is 534 g/mol. The first-order chi connectivity index (χ1) is 15.1. The molecule has 2 aromatic rings. The number of esters is 2. The molecular weight excluding hydrogens is 517 g/mol. The van der Waals surface area contributed by atoms with E-state index in [0.29, 0.717) is 9.59 Å². The van der Waals surface area contributed by atoms with Gasteiger partial charge in [0.15, 0.2) is 6.73 Å². The number of rotatable bonds is 5. The fourth-order valence-corrected chi connectivity index (χ4v) is 4.46. The monoisotopic (exact) mass is 532 g/mol. The fourth-order valence-electron chi connectivity index (χ4n) is 3.62. The van der Waals surface area contributed by atoms with Crippen LogP contribution in [0.15, 0.2) is 28.7 Å². The van der Waals surface area contributed by atoms with E-state index in [-0.39, 0.29) is 29.3 Å². The summed E-state index contributed by atoms with van der Waals surface area (Å²) in [6.07, 6.45) is -1.08. The maximum atomic E-state index is 13.8. The molecule has 0 bridgehead atoms. The molecule has 1 saturated carbocycles. The average Bonchev–Trinajstić information content (AvgIpc) is 3.35. The summed E-state index contributed by atoms with van der Waals surface area (Å²) in [7, 11) is 0. The zero-order valence-electron chi connectivity index (χ0n) is 16.5. The van der Waals surface area contributed by atoms with Crippen molar-refractivity contribution in [3.63, 3.8) is 0 Å². The van der Waals surface area contributed by atoms with Crippen molar-refractivity contribution in [2.75, 3.05) is 6.61 Å². The fraction of sp³-hybridized carbons (Fsp3) is 0.381. The smallest absolute Gasteiger partial charge is 0.432 e. The summed E-state index contributed by atoms with van der Waals surface area (Å²) in [5.41, 5.74) is -1.44. The Hall–Kier alpha value is -2.51. The Balaban J connectivity index is 1.88. The highest BCUT2D eigenvalue weighted by molar-refractivity contribution is 9.10. The number of nitriles is 1. The lowest BCUT2D eigenvalue weighted by Gasteiger charge is -2.16. The first kappa shape index (κ1) is 24.1. The Bertz CT molecular complexity index is 1050. The second-order valence-corrected chi connectivity index (χ2v) is 8.47.